The minimum atomic E-state index is -0.892. The molecule has 0 aliphatic rings. The summed E-state index contributed by atoms with van der Waals surface area (Å²) in [6.07, 6.45) is 0. The fourth-order valence-electron chi connectivity index (χ4n) is 1.94. The fraction of sp³-hybridized carbons (Fsp3) is 0.250. The second kappa shape index (κ2) is 3.94. The van der Waals surface area contributed by atoms with Crippen LogP contribution >= 0.6 is 15.9 Å². The second-order valence-electron chi connectivity index (χ2n) is 3.97. The number of rotatable bonds is 2. The molecule has 16 heavy (non-hydrogen) atoms. The molecule has 1 N–H and O–H groups in total. The van der Waals surface area contributed by atoms with E-state index in [9.17, 15) is 9.90 Å². The zero-order valence-electron chi connectivity index (χ0n) is 9.07. The molecule has 0 bridgehead atoms. The Morgan fingerprint density at radius 2 is 2.12 bits per heavy atom. The van der Waals surface area contributed by atoms with Crippen LogP contribution in [0.15, 0.2) is 28.7 Å². The third-order valence-electron chi connectivity index (χ3n) is 2.57. The number of hydrogen-bond acceptors (Lipinski definition) is 1. The summed E-state index contributed by atoms with van der Waals surface area (Å²) < 4.78 is 2.76. The van der Waals surface area contributed by atoms with Gasteiger partial charge in [0, 0.05) is 15.9 Å². The number of carbonyl (C=O) groups is 1. The Hall–Kier alpha value is -1.29. The van der Waals surface area contributed by atoms with Gasteiger partial charge in [-0.25, -0.2) is 4.79 Å². The maximum absolute atomic E-state index is 11.2. The molecule has 2 rings (SSSR count). The highest BCUT2D eigenvalue weighted by Crippen LogP contribution is 2.29. The standard InChI is InChI=1S/C12H12BrNO2/c1-7(2)14-10-5-3-4-9(13)8(10)6-11(14)12(15)16/h3-7H,1-2H3,(H,15,16). The quantitative estimate of drug-likeness (QED) is 0.912. The van der Waals surface area contributed by atoms with E-state index < -0.39 is 5.97 Å². The van der Waals surface area contributed by atoms with Crippen LogP contribution in [0.1, 0.15) is 30.4 Å². The van der Waals surface area contributed by atoms with Gasteiger partial charge in [-0.15, -0.1) is 0 Å². The molecular weight excluding hydrogens is 270 g/mol. The van der Waals surface area contributed by atoms with Crippen molar-refractivity contribution in [2.45, 2.75) is 19.9 Å². The van der Waals surface area contributed by atoms with Crippen LogP contribution in [0, 0.1) is 0 Å². The van der Waals surface area contributed by atoms with E-state index in [-0.39, 0.29) is 6.04 Å². The predicted molar refractivity (Wildman–Crippen MR) is 67.0 cm³/mol. The first-order chi connectivity index (χ1) is 7.52. The van der Waals surface area contributed by atoms with Crippen molar-refractivity contribution in [3.8, 4) is 0 Å². The first-order valence-electron chi connectivity index (χ1n) is 5.05. The number of carboxylic acid groups (broad SMARTS) is 1. The van der Waals surface area contributed by atoms with Crippen LogP contribution in [0.4, 0.5) is 0 Å². The number of carboxylic acids is 1. The predicted octanol–water partition coefficient (Wildman–Crippen LogP) is 3.68. The Kier molecular flexibility index (Phi) is 2.76. The summed E-state index contributed by atoms with van der Waals surface area (Å²) in [6.45, 7) is 3.96. The van der Waals surface area contributed by atoms with Crippen LogP contribution in [-0.4, -0.2) is 15.6 Å². The molecule has 84 valence electrons. The number of fused-ring (bicyclic) bond motifs is 1. The molecule has 0 saturated heterocycles. The van der Waals surface area contributed by atoms with Gasteiger partial charge in [-0.1, -0.05) is 22.0 Å². The average Bonchev–Trinajstić information content (AvgIpc) is 2.58. The Labute approximate surface area is 102 Å². The molecule has 1 aromatic carbocycles. The Balaban J connectivity index is 2.86. The number of hydrogen-bond donors (Lipinski definition) is 1. The number of benzene rings is 1. The summed E-state index contributed by atoms with van der Waals surface area (Å²) >= 11 is 3.44. The minimum Gasteiger partial charge on any atom is -0.477 e. The molecule has 0 spiro atoms. The zero-order valence-corrected chi connectivity index (χ0v) is 10.7. The van der Waals surface area contributed by atoms with Crippen molar-refractivity contribution >= 4 is 32.8 Å². The van der Waals surface area contributed by atoms with Crippen molar-refractivity contribution in [2.24, 2.45) is 0 Å². The first kappa shape index (κ1) is 11.2. The molecule has 0 aliphatic heterocycles. The largest absolute Gasteiger partial charge is 0.477 e. The van der Waals surface area contributed by atoms with Gasteiger partial charge >= 0.3 is 5.97 Å². The van der Waals surface area contributed by atoms with E-state index in [4.69, 9.17) is 0 Å². The Morgan fingerprint density at radius 3 is 2.69 bits per heavy atom. The molecule has 2 aromatic rings. The zero-order chi connectivity index (χ0) is 11.9. The lowest BCUT2D eigenvalue weighted by Crippen LogP contribution is -2.10. The van der Waals surface area contributed by atoms with Gasteiger partial charge in [-0.2, -0.15) is 0 Å². The molecular formula is C12H12BrNO2. The highest BCUT2D eigenvalue weighted by molar-refractivity contribution is 9.10. The third-order valence-corrected chi connectivity index (χ3v) is 3.26. The number of aromatic carboxylic acids is 1. The van der Waals surface area contributed by atoms with E-state index in [0.29, 0.717) is 5.69 Å². The summed E-state index contributed by atoms with van der Waals surface area (Å²) in [7, 11) is 0. The van der Waals surface area contributed by atoms with E-state index in [0.717, 1.165) is 15.4 Å². The van der Waals surface area contributed by atoms with Gasteiger partial charge in [0.05, 0.1) is 5.52 Å². The van der Waals surface area contributed by atoms with Crippen LogP contribution in [0.5, 0.6) is 0 Å². The van der Waals surface area contributed by atoms with Gasteiger partial charge in [0.25, 0.3) is 0 Å². The molecule has 0 saturated carbocycles. The molecule has 4 heteroatoms. The van der Waals surface area contributed by atoms with E-state index in [1.165, 1.54) is 0 Å². The summed E-state index contributed by atoms with van der Waals surface area (Å²) in [5, 5.41) is 10.1. The topological polar surface area (TPSA) is 42.2 Å². The average molecular weight is 282 g/mol. The van der Waals surface area contributed by atoms with E-state index in [1.54, 1.807) is 6.07 Å². The second-order valence-corrected chi connectivity index (χ2v) is 4.83. The molecule has 3 nitrogen and oxygen atoms in total. The van der Waals surface area contributed by atoms with E-state index >= 15 is 0 Å². The van der Waals surface area contributed by atoms with Crippen molar-refractivity contribution in [1.82, 2.24) is 4.57 Å². The number of nitrogens with zero attached hydrogens (tertiary/aromatic N) is 1. The van der Waals surface area contributed by atoms with Crippen molar-refractivity contribution in [3.05, 3.63) is 34.4 Å². The van der Waals surface area contributed by atoms with Crippen molar-refractivity contribution < 1.29 is 9.90 Å². The summed E-state index contributed by atoms with van der Waals surface area (Å²) in [6, 6.07) is 7.60. The molecule has 0 amide bonds. The van der Waals surface area contributed by atoms with Gasteiger partial charge in [0.1, 0.15) is 5.69 Å². The molecule has 0 unspecified atom stereocenters. The summed E-state index contributed by atoms with van der Waals surface area (Å²) in [5.41, 5.74) is 1.28. The molecule has 0 radical (unpaired) electrons. The Bertz CT molecular complexity index is 557. The van der Waals surface area contributed by atoms with Crippen LogP contribution in [0.3, 0.4) is 0 Å². The van der Waals surface area contributed by atoms with Crippen molar-refractivity contribution in [1.29, 1.82) is 0 Å². The first-order valence-corrected chi connectivity index (χ1v) is 5.84. The molecule has 0 fully saturated rings. The van der Waals surface area contributed by atoms with Crippen LogP contribution in [0.25, 0.3) is 10.9 Å². The van der Waals surface area contributed by atoms with Gasteiger partial charge < -0.3 is 9.67 Å². The lowest BCUT2D eigenvalue weighted by Gasteiger charge is -2.12. The monoisotopic (exact) mass is 281 g/mol. The summed E-state index contributed by atoms with van der Waals surface area (Å²) in [4.78, 5) is 11.2. The van der Waals surface area contributed by atoms with Gasteiger partial charge in [0.15, 0.2) is 0 Å². The number of aromatic nitrogens is 1. The third kappa shape index (κ3) is 1.63. The van der Waals surface area contributed by atoms with Crippen molar-refractivity contribution in [3.63, 3.8) is 0 Å². The molecule has 1 aromatic heterocycles. The normalized spacial score (nSPS) is 11.2. The van der Waals surface area contributed by atoms with Gasteiger partial charge in [-0.3, -0.25) is 0 Å². The lowest BCUT2D eigenvalue weighted by molar-refractivity contribution is 0.0684. The van der Waals surface area contributed by atoms with Gasteiger partial charge in [0.2, 0.25) is 0 Å². The molecule has 0 aliphatic carbocycles. The lowest BCUT2D eigenvalue weighted by atomic mass is 10.2. The van der Waals surface area contributed by atoms with Crippen LogP contribution < -0.4 is 0 Å². The van der Waals surface area contributed by atoms with Crippen LogP contribution in [-0.2, 0) is 0 Å². The van der Waals surface area contributed by atoms with E-state index in [2.05, 4.69) is 15.9 Å². The van der Waals surface area contributed by atoms with Gasteiger partial charge in [-0.05, 0) is 32.0 Å². The summed E-state index contributed by atoms with van der Waals surface area (Å²) in [5.74, 6) is -0.892. The maximum atomic E-state index is 11.2. The van der Waals surface area contributed by atoms with E-state index in [1.807, 2.05) is 36.6 Å². The maximum Gasteiger partial charge on any atom is 0.352 e. The van der Waals surface area contributed by atoms with Crippen LogP contribution in [0.2, 0.25) is 0 Å². The highest BCUT2D eigenvalue weighted by Gasteiger charge is 2.17. The molecule has 1 heterocycles. The number of halogens is 1. The fourth-order valence-corrected chi connectivity index (χ4v) is 2.41. The SMILES string of the molecule is CC(C)n1c(C(=O)O)cc2c(Br)cccc21. The highest BCUT2D eigenvalue weighted by atomic mass is 79.9. The molecule has 0 atom stereocenters. The smallest absolute Gasteiger partial charge is 0.352 e. The van der Waals surface area contributed by atoms with Crippen molar-refractivity contribution in [2.75, 3.05) is 0 Å². The Morgan fingerprint density at radius 1 is 1.44 bits per heavy atom. The minimum absolute atomic E-state index is 0.123.